The molecular formula is C13H16BrNO2. The Bertz CT molecular complexity index is 410. The van der Waals surface area contributed by atoms with Crippen LogP contribution in [0.5, 0.6) is 0 Å². The number of carbonyl (C=O) groups is 1. The number of hydrogen-bond acceptors (Lipinski definition) is 2. The lowest BCUT2D eigenvalue weighted by atomic mass is 10.0. The molecule has 1 aromatic carbocycles. The molecule has 17 heavy (non-hydrogen) atoms. The smallest absolute Gasteiger partial charge is 0.251 e. The SMILES string of the molecule is C[C@](O)(CNC(=O)c1ccc(Br)cc1)C1CC1. The van der Waals surface area contributed by atoms with E-state index in [0.717, 1.165) is 17.3 Å². The van der Waals surface area contributed by atoms with Gasteiger partial charge in [-0.05, 0) is 49.9 Å². The maximum Gasteiger partial charge on any atom is 0.251 e. The fourth-order valence-electron chi connectivity index (χ4n) is 1.81. The molecule has 2 rings (SSSR count). The van der Waals surface area contributed by atoms with Gasteiger partial charge in [-0.1, -0.05) is 15.9 Å². The van der Waals surface area contributed by atoms with E-state index >= 15 is 0 Å². The van der Waals surface area contributed by atoms with E-state index in [1.165, 1.54) is 0 Å². The van der Waals surface area contributed by atoms with Crippen LogP contribution in [0.1, 0.15) is 30.1 Å². The molecule has 1 atom stereocenters. The van der Waals surface area contributed by atoms with Gasteiger partial charge in [-0.25, -0.2) is 0 Å². The standard InChI is InChI=1S/C13H16BrNO2/c1-13(17,10-4-5-10)8-15-12(16)9-2-6-11(14)7-3-9/h2-3,6-7,10,17H,4-5,8H2,1H3,(H,15,16)/t13-/m0/s1. The summed E-state index contributed by atoms with van der Waals surface area (Å²) in [5.41, 5.74) is -0.162. The predicted octanol–water partition coefficient (Wildman–Crippen LogP) is 2.34. The molecule has 0 saturated heterocycles. The number of halogens is 1. The molecule has 1 aliphatic rings. The Morgan fingerprint density at radius 1 is 1.47 bits per heavy atom. The summed E-state index contributed by atoms with van der Waals surface area (Å²) in [4.78, 5) is 11.8. The first kappa shape index (κ1) is 12.6. The largest absolute Gasteiger partial charge is 0.388 e. The second-order valence-electron chi connectivity index (χ2n) is 4.82. The molecule has 2 N–H and O–H groups in total. The zero-order valence-corrected chi connectivity index (χ0v) is 11.3. The van der Waals surface area contributed by atoms with Gasteiger partial charge in [-0.15, -0.1) is 0 Å². The second kappa shape index (κ2) is 4.78. The highest BCUT2D eigenvalue weighted by Gasteiger charge is 2.39. The molecule has 0 aliphatic heterocycles. The summed E-state index contributed by atoms with van der Waals surface area (Å²) in [7, 11) is 0. The van der Waals surface area contributed by atoms with Gasteiger partial charge in [-0.2, -0.15) is 0 Å². The summed E-state index contributed by atoms with van der Waals surface area (Å²) in [5.74, 6) is 0.200. The van der Waals surface area contributed by atoms with Crippen LogP contribution in [-0.4, -0.2) is 23.2 Å². The number of aliphatic hydroxyl groups is 1. The van der Waals surface area contributed by atoms with Crippen LogP contribution in [0.15, 0.2) is 28.7 Å². The van der Waals surface area contributed by atoms with Crippen molar-refractivity contribution >= 4 is 21.8 Å². The van der Waals surface area contributed by atoms with Crippen molar-refractivity contribution in [1.29, 1.82) is 0 Å². The minimum absolute atomic E-state index is 0.140. The van der Waals surface area contributed by atoms with Crippen LogP contribution >= 0.6 is 15.9 Å². The number of rotatable bonds is 4. The molecule has 0 aromatic heterocycles. The maximum absolute atomic E-state index is 11.8. The van der Waals surface area contributed by atoms with Crippen molar-refractivity contribution in [3.63, 3.8) is 0 Å². The van der Waals surface area contributed by atoms with Gasteiger partial charge in [0.2, 0.25) is 0 Å². The number of benzene rings is 1. The first-order valence-corrected chi connectivity index (χ1v) is 6.54. The average Bonchev–Trinajstić information content (AvgIpc) is 3.11. The number of amides is 1. The molecule has 0 bridgehead atoms. The van der Waals surface area contributed by atoms with Crippen molar-refractivity contribution in [1.82, 2.24) is 5.32 Å². The normalized spacial score (nSPS) is 18.5. The monoisotopic (exact) mass is 297 g/mol. The van der Waals surface area contributed by atoms with Crippen molar-refractivity contribution in [3.05, 3.63) is 34.3 Å². The predicted molar refractivity (Wildman–Crippen MR) is 69.8 cm³/mol. The van der Waals surface area contributed by atoms with E-state index in [1.54, 1.807) is 19.1 Å². The molecule has 0 unspecified atom stereocenters. The second-order valence-corrected chi connectivity index (χ2v) is 5.74. The summed E-state index contributed by atoms with van der Waals surface area (Å²) in [6, 6.07) is 7.17. The molecule has 4 heteroatoms. The van der Waals surface area contributed by atoms with E-state index in [-0.39, 0.29) is 5.91 Å². The van der Waals surface area contributed by atoms with Crippen molar-refractivity contribution in [3.8, 4) is 0 Å². The van der Waals surface area contributed by atoms with Crippen LogP contribution in [0.3, 0.4) is 0 Å². The summed E-state index contributed by atoms with van der Waals surface area (Å²) in [6.07, 6.45) is 2.11. The number of carbonyl (C=O) groups excluding carboxylic acids is 1. The van der Waals surface area contributed by atoms with Crippen LogP contribution in [0.4, 0.5) is 0 Å². The molecule has 0 spiro atoms. The minimum atomic E-state index is -0.773. The van der Waals surface area contributed by atoms with Crippen molar-refractivity contribution in [2.24, 2.45) is 5.92 Å². The Kier molecular flexibility index (Phi) is 3.54. The van der Waals surface area contributed by atoms with E-state index < -0.39 is 5.60 Å². The van der Waals surface area contributed by atoms with E-state index in [2.05, 4.69) is 21.2 Å². The fourth-order valence-corrected chi connectivity index (χ4v) is 2.08. The Morgan fingerprint density at radius 2 is 2.06 bits per heavy atom. The van der Waals surface area contributed by atoms with Gasteiger partial charge in [0.15, 0.2) is 0 Å². The van der Waals surface area contributed by atoms with Crippen LogP contribution in [0, 0.1) is 5.92 Å². The summed E-state index contributed by atoms with van der Waals surface area (Å²) < 4.78 is 0.944. The fraction of sp³-hybridized carbons (Fsp3) is 0.462. The molecule has 92 valence electrons. The molecule has 1 saturated carbocycles. The summed E-state index contributed by atoms with van der Waals surface area (Å²) in [5, 5.41) is 12.8. The quantitative estimate of drug-likeness (QED) is 0.896. The van der Waals surface area contributed by atoms with E-state index in [9.17, 15) is 9.90 Å². The maximum atomic E-state index is 11.8. The lowest BCUT2D eigenvalue weighted by Gasteiger charge is -2.23. The van der Waals surface area contributed by atoms with Gasteiger partial charge >= 0.3 is 0 Å². The Labute approximate surface area is 109 Å². The average molecular weight is 298 g/mol. The highest BCUT2D eigenvalue weighted by Crippen LogP contribution is 2.39. The van der Waals surface area contributed by atoms with Crippen molar-refractivity contribution in [2.75, 3.05) is 6.54 Å². The molecule has 3 nitrogen and oxygen atoms in total. The molecule has 1 amide bonds. The highest BCUT2D eigenvalue weighted by atomic mass is 79.9. The third kappa shape index (κ3) is 3.30. The van der Waals surface area contributed by atoms with Crippen molar-refractivity contribution < 1.29 is 9.90 Å². The van der Waals surface area contributed by atoms with E-state index in [4.69, 9.17) is 0 Å². The number of hydrogen-bond donors (Lipinski definition) is 2. The Morgan fingerprint density at radius 3 is 2.59 bits per heavy atom. The lowest BCUT2D eigenvalue weighted by Crippen LogP contribution is -2.42. The molecule has 0 radical (unpaired) electrons. The molecule has 1 fully saturated rings. The summed E-state index contributed by atoms with van der Waals surface area (Å²) >= 11 is 3.32. The zero-order chi connectivity index (χ0) is 12.5. The minimum Gasteiger partial charge on any atom is -0.388 e. The van der Waals surface area contributed by atoms with E-state index in [0.29, 0.717) is 18.0 Å². The van der Waals surface area contributed by atoms with Crippen LogP contribution in [0.25, 0.3) is 0 Å². The number of nitrogens with one attached hydrogen (secondary N) is 1. The zero-order valence-electron chi connectivity index (χ0n) is 9.74. The van der Waals surface area contributed by atoms with Gasteiger partial charge in [-0.3, -0.25) is 4.79 Å². The summed E-state index contributed by atoms with van der Waals surface area (Å²) in [6.45, 7) is 2.10. The van der Waals surface area contributed by atoms with Gasteiger partial charge in [0.25, 0.3) is 5.91 Å². The van der Waals surface area contributed by atoms with Gasteiger partial charge < -0.3 is 10.4 Å². The first-order valence-electron chi connectivity index (χ1n) is 5.75. The molecule has 0 heterocycles. The van der Waals surface area contributed by atoms with Gasteiger partial charge in [0.05, 0.1) is 5.60 Å². The lowest BCUT2D eigenvalue weighted by molar-refractivity contribution is 0.0354. The molecular weight excluding hydrogens is 282 g/mol. The van der Waals surface area contributed by atoms with Gasteiger partial charge in [0.1, 0.15) is 0 Å². The van der Waals surface area contributed by atoms with Crippen LogP contribution < -0.4 is 5.32 Å². The van der Waals surface area contributed by atoms with Crippen molar-refractivity contribution in [2.45, 2.75) is 25.4 Å². The third-order valence-electron chi connectivity index (χ3n) is 3.17. The topological polar surface area (TPSA) is 49.3 Å². The van der Waals surface area contributed by atoms with E-state index in [1.807, 2.05) is 12.1 Å². The van der Waals surface area contributed by atoms with Crippen LogP contribution in [-0.2, 0) is 0 Å². The first-order chi connectivity index (χ1) is 7.99. The Hall–Kier alpha value is -0.870. The highest BCUT2D eigenvalue weighted by molar-refractivity contribution is 9.10. The molecule has 1 aliphatic carbocycles. The molecule has 1 aromatic rings. The van der Waals surface area contributed by atoms with Crippen LogP contribution in [0.2, 0.25) is 0 Å². The third-order valence-corrected chi connectivity index (χ3v) is 3.70. The van der Waals surface area contributed by atoms with Gasteiger partial charge in [0, 0.05) is 16.6 Å². The Balaban J connectivity index is 1.91.